The average molecular weight is 359 g/mol. The van der Waals surface area contributed by atoms with E-state index in [1.165, 1.54) is 24.2 Å². The molecule has 1 aliphatic rings. The number of aryl methyl sites for hydroxylation is 1. The SMILES string of the molecule is Cc1nc(-c2ncccn2)sc1C(=O)N[C@@H](C)CN1CCC[C@H](C)C1. The number of hydrogen-bond acceptors (Lipinski definition) is 6. The molecule has 1 saturated heterocycles. The third-order valence-electron chi connectivity index (χ3n) is 4.41. The number of hydrogen-bond donors (Lipinski definition) is 1. The highest BCUT2D eigenvalue weighted by molar-refractivity contribution is 7.17. The molecule has 2 atom stereocenters. The number of nitrogens with zero attached hydrogens (tertiary/aromatic N) is 4. The van der Waals surface area contributed by atoms with E-state index in [2.05, 4.69) is 39.0 Å². The summed E-state index contributed by atoms with van der Waals surface area (Å²) in [5.41, 5.74) is 0.726. The smallest absolute Gasteiger partial charge is 0.263 e. The number of thiazole rings is 1. The maximum absolute atomic E-state index is 12.6. The summed E-state index contributed by atoms with van der Waals surface area (Å²) in [7, 11) is 0. The summed E-state index contributed by atoms with van der Waals surface area (Å²) in [5, 5.41) is 3.79. The molecule has 0 unspecified atom stereocenters. The number of aromatic nitrogens is 3. The van der Waals surface area contributed by atoms with Crippen LogP contribution in [0.3, 0.4) is 0 Å². The Kier molecular flexibility index (Phi) is 5.75. The Morgan fingerprint density at radius 3 is 2.92 bits per heavy atom. The molecule has 2 aromatic rings. The highest BCUT2D eigenvalue weighted by Gasteiger charge is 2.21. The van der Waals surface area contributed by atoms with Crippen LogP contribution in [0.2, 0.25) is 0 Å². The molecule has 6 nitrogen and oxygen atoms in total. The van der Waals surface area contributed by atoms with Crippen LogP contribution in [-0.2, 0) is 0 Å². The number of rotatable bonds is 5. The van der Waals surface area contributed by atoms with E-state index < -0.39 is 0 Å². The van der Waals surface area contributed by atoms with Gasteiger partial charge in [0.05, 0.1) is 5.69 Å². The van der Waals surface area contributed by atoms with Gasteiger partial charge in [0.2, 0.25) is 0 Å². The molecule has 0 saturated carbocycles. The van der Waals surface area contributed by atoms with E-state index in [4.69, 9.17) is 0 Å². The van der Waals surface area contributed by atoms with E-state index in [9.17, 15) is 4.79 Å². The molecule has 0 spiro atoms. The van der Waals surface area contributed by atoms with Crippen molar-refractivity contribution < 1.29 is 4.79 Å². The minimum atomic E-state index is -0.0604. The second-order valence-corrected chi connectivity index (χ2v) is 7.89. The highest BCUT2D eigenvalue weighted by atomic mass is 32.1. The third kappa shape index (κ3) is 4.61. The number of piperidine rings is 1. The van der Waals surface area contributed by atoms with Crippen molar-refractivity contribution in [1.29, 1.82) is 0 Å². The van der Waals surface area contributed by atoms with Gasteiger partial charge in [0.25, 0.3) is 5.91 Å². The van der Waals surface area contributed by atoms with Gasteiger partial charge in [0.15, 0.2) is 10.8 Å². The van der Waals surface area contributed by atoms with Crippen LogP contribution < -0.4 is 5.32 Å². The molecule has 1 fully saturated rings. The predicted molar refractivity (Wildman–Crippen MR) is 99.6 cm³/mol. The molecule has 0 bridgehead atoms. The number of likely N-dealkylation sites (tertiary alicyclic amines) is 1. The molecule has 3 heterocycles. The van der Waals surface area contributed by atoms with Crippen molar-refractivity contribution in [3.8, 4) is 10.8 Å². The van der Waals surface area contributed by atoms with Crippen molar-refractivity contribution in [2.24, 2.45) is 5.92 Å². The second kappa shape index (κ2) is 8.01. The molecule has 1 N–H and O–H groups in total. The molecule has 0 radical (unpaired) electrons. The first-order valence-electron chi connectivity index (χ1n) is 8.81. The van der Waals surface area contributed by atoms with E-state index in [0.717, 1.165) is 31.2 Å². The van der Waals surface area contributed by atoms with E-state index >= 15 is 0 Å². The van der Waals surface area contributed by atoms with Gasteiger partial charge in [-0.2, -0.15) is 0 Å². The lowest BCUT2D eigenvalue weighted by molar-refractivity contribution is 0.0923. The zero-order valence-corrected chi connectivity index (χ0v) is 15.8. The topological polar surface area (TPSA) is 71.0 Å². The first kappa shape index (κ1) is 17.9. The number of carbonyl (C=O) groups is 1. The summed E-state index contributed by atoms with van der Waals surface area (Å²) in [6, 6.07) is 1.87. The quantitative estimate of drug-likeness (QED) is 0.889. The van der Waals surface area contributed by atoms with Gasteiger partial charge in [-0.1, -0.05) is 6.92 Å². The van der Waals surface area contributed by atoms with Gasteiger partial charge in [-0.25, -0.2) is 15.0 Å². The molecular weight excluding hydrogens is 334 g/mol. The van der Waals surface area contributed by atoms with E-state index in [1.807, 2.05) is 6.92 Å². The van der Waals surface area contributed by atoms with Crippen molar-refractivity contribution in [3.05, 3.63) is 29.0 Å². The molecule has 2 aromatic heterocycles. The Hall–Kier alpha value is -1.86. The molecule has 0 aliphatic carbocycles. The molecule has 0 aromatic carbocycles. The Labute approximate surface area is 152 Å². The zero-order chi connectivity index (χ0) is 17.8. The Morgan fingerprint density at radius 1 is 1.44 bits per heavy atom. The van der Waals surface area contributed by atoms with Crippen molar-refractivity contribution in [3.63, 3.8) is 0 Å². The molecular formula is C18H25N5OS. The number of carbonyl (C=O) groups excluding carboxylic acids is 1. The van der Waals surface area contributed by atoms with Crippen LogP contribution in [0.15, 0.2) is 18.5 Å². The third-order valence-corrected chi connectivity index (χ3v) is 5.56. The van der Waals surface area contributed by atoms with Crippen molar-refractivity contribution in [1.82, 2.24) is 25.2 Å². The van der Waals surface area contributed by atoms with Crippen LogP contribution in [0.4, 0.5) is 0 Å². The molecule has 7 heteroatoms. The first-order chi connectivity index (χ1) is 12.0. The average Bonchev–Trinajstić information content (AvgIpc) is 2.97. The van der Waals surface area contributed by atoms with Gasteiger partial charge in [-0.15, -0.1) is 11.3 Å². The normalized spacial score (nSPS) is 19.6. The van der Waals surface area contributed by atoms with Gasteiger partial charge in [0.1, 0.15) is 4.88 Å². The summed E-state index contributed by atoms with van der Waals surface area (Å²) in [5.74, 6) is 1.24. The van der Waals surface area contributed by atoms with Crippen molar-refractivity contribution in [2.45, 2.75) is 39.7 Å². The maximum Gasteiger partial charge on any atom is 0.263 e. The molecule has 1 aliphatic heterocycles. The van der Waals surface area contributed by atoms with Crippen LogP contribution >= 0.6 is 11.3 Å². The van der Waals surface area contributed by atoms with Crippen LogP contribution in [0.25, 0.3) is 10.8 Å². The number of amides is 1. The minimum Gasteiger partial charge on any atom is -0.348 e. The van der Waals surface area contributed by atoms with Gasteiger partial charge in [0, 0.05) is 31.5 Å². The fourth-order valence-electron chi connectivity index (χ4n) is 3.29. The first-order valence-corrected chi connectivity index (χ1v) is 9.62. The van der Waals surface area contributed by atoms with E-state index in [-0.39, 0.29) is 11.9 Å². The van der Waals surface area contributed by atoms with Crippen molar-refractivity contribution in [2.75, 3.05) is 19.6 Å². The molecule has 1 amide bonds. The van der Waals surface area contributed by atoms with Gasteiger partial charge in [-0.05, 0) is 45.2 Å². The fraction of sp³-hybridized carbons (Fsp3) is 0.556. The highest BCUT2D eigenvalue weighted by Crippen LogP contribution is 2.25. The van der Waals surface area contributed by atoms with Gasteiger partial charge in [-0.3, -0.25) is 4.79 Å². The van der Waals surface area contributed by atoms with Crippen LogP contribution in [0, 0.1) is 12.8 Å². The van der Waals surface area contributed by atoms with Crippen LogP contribution in [0.5, 0.6) is 0 Å². The van der Waals surface area contributed by atoms with E-state index in [0.29, 0.717) is 15.7 Å². The summed E-state index contributed by atoms with van der Waals surface area (Å²) in [4.78, 5) is 28.6. The lowest BCUT2D eigenvalue weighted by atomic mass is 10.00. The molecule has 3 rings (SSSR count). The predicted octanol–water partition coefficient (Wildman–Crippen LogP) is 2.76. The summed E-state index contributed by atoms with van der Waals surface area (Å²) in [6.07, 6.45) is 5.92. The Bertz CT molecular complexity index is 718. The second-order valence-electron chi connectivity index (χ2n) is 6.89. The van der Waals surface area contributed by atoms with Gasteiger partial charge >= 0.3 is 0 Å². The van der Waals surface area contributed by atoms with Gasteiger partial charge < -0.3 is 10.2 Å². The summed E-state index contributed by atoms with van der Waals surface area (Å²) in [6.45, 7) is 9.35. The maximum atomic E-state index is 12.6. The van der Waals surface area contributed by atoms with E-state index in [1.54, 1.807) is 18.5 Å². The summed E-state index contributed by atoms with van der Waals surface area (Å²) >= 11 is 1.35. The Balaban J connectivity index is 1.62. The minimum absolute atomic E-state index is 0.0604. The van der Waals surface area contributed by atoms with Crippen LogP contribution in [-0.4, -0.2) is 51.4 Å². The lowest BCUT2D eigenvalue weighted by Gasteiger charge is -2.32. The lowest BCUT2D eigenvalue weighted by Crippen LogP contribution is -2.45. The van der Waals surface area contributed by atoms with Crippen LogP contribution in [0.1, 0.15) is 42.1 Å². The Morgan fingerprint density at radius 2 is 2.20 bits per heavy atom. The van der Waals surface area contributed by atoms with Crippen molar-refractivity contribution >= 4 is 17.2 Å². The molecule has 25 heavy (non-hydrogen) atoms. The zero-order valence-electron chi connectivity index (χ0n) is 15.0. The largest absolute Gasteiger partial charge is 0.348 e. The monoisotopic (exact) mass is 359 g/mol. The standard InChI is InChI=1S/C18H25N5OS/c1-12-6-4-9-23(10-12)11-13(2)21-17(24)15-14(3)22-18(25-15)16-19-7-5-8-20-16/h5,7-8,12-13H,4,6,9-11H2,1-3H3,(H,21,24)/t12-,13-/m0/s1. The fourth-order valence-corrected chi connectivity index (χ4v) is 4.20. The molecule has 134 valence electrons. The number of nitrogens with one attached hydrogen (secondary N) is 1. The summed E-state index contributed by atoms with van der Waals surface area (Å²) < 4.78 is 0.